The van der Waals surface area contributed by atoms with Crippen molar-refractivity contribution in [2.45, 2.75) is 21.2 Å². The van der Waals surface area contributed by atoms with E-state index in [2.05, 4.69) is 56.5 Å². The summed E-state index contributed by atoms with van der Waals surface area (Å²) in [6, 6.07) is 11.4. The van der Waals surface area contributed by atoms with Crippen molar-refractivity contribution in [2.24, 2.45) is 0 Å². The van der Waals surface area contributed by atoms with Gasteiger partial charge < -0.3 is 0 Å². The van der Waals surface area contributed by atoms with Crippen molar-refractivity contribution in [1.82, 2.24) is 0 Å². The summed E-state index contributed by atoms with van der Waals surface area (Å²) in [4.78, 5) is 9.06. The van der Waals surface area contributed by atoms with Crippen molar-refractivity contribution in [1.29, 1.82) is 0 Å². The fourth-order valence-electron chi connectivity index (χ4n) is 2.26. The Labute approximate surface area is 105 Å². The van der Waals surface area contributed by atoms with Crippen LogP contribution in [0.15, 0.2) is 30.3 Å². The van der Waals surface area contributed by atoms with Gasteiger partial charge in [-0.05, 0) is 0 Å². The first kappa shape index (κ1) is 10.8. The predicted octanol–water partition coefficient (Wildman–Crippen LogP) is 3.86. The monoisotopic (exact) mass is 336 g/mol. The quantitative estimate of drug-likeness (QED) is 0.593. The molecule has 3 rings (SSSR count). The van der Waals surface area contributed by atoms with Gasteiger partial charge in [0, 0.05) is 0 Å². The normalized spacial score (nSPS) is 13.7. The zero-order chi connectivity index (χ0) is 11.3. The SMILES string of the molecule is [CH3][Sn]([CH3])([CH3])[c]1cc2c(s1)-c1ccccc1C2. The molecule has 0 radical (unpaired) electrons. The van der Waals surface area contributed by atoms with E-state index in [4.69, 9.17) is 0 Å². The van der Waals surface area contributed by atoms with Gasteiger partial charge in [0.15, 0.2) is 0 Å². The molecule has 16 heavy (non-hydrogen) atoms. The molecule has 0 spiro atoms. The van der Waals surface area contributed by atoms with Crippen LogP contribution in [0, 0.1) is 0 Å². The Bertz CT molecular complexity index is 546. The van der Waals surface area contributed by atoms with E-state index in [-0.39, 0.29) is 0 Å². The molecule has 0 N–H and O–H groups in total. The van der Waals surface area contributed by atoms with Gasteiger partial charge in [0.05, 0.1) is 0 Å². The summed E-state index contributed by atoms with van der Waals surface area (Å²) >= 11 is 0.214. The summed E-state index contributed by atoms with van der Waals surface area (Å²) in [7, 11) is 0. The number of thiophene rings is 1. The number of rotatable bonds is 1. The Morgan fingerprint density at radius 1 is 1.06 bits per heavy atom. The van der Waals surface area contributed by atoms with Crippen molar-refractivity contribution >= 4 is 32.6 Å². The molecule has 1 aromatic carbocycles. The third kappa shape index (κ3) is 1.65. The van der Waals surface area contributed by atoms with Crippen LogP contribution >= 0.6 is 11.3 Å². The fraction of sp³-hybridized carbons (Fsp3) is 0.286. The van der Waals surface area contributed by atoms with Crippen molar-refractivity contribution in [2.75, 3.05) is 0 Å². The Morgan fingerprint density at radius 2 is 1.81 bits per heavy atom. The molecular weight excluding hydrogens is 319 g/mol. The molecule has 0 fully saturated rings. The van der Waals surface area contributed by atoms with Crippen LogP contribution in [0.4, 0.5) is 0 Å². The molecule has 1 aromatic heterocycles. The first-order valence-electron chi connectivity index (χ1n) is 5.77. The van der Waals surface area contributed by atoms with Gasteiger partial charge in [-0.25, -0.2) is 0 Å². The van der Waals surface area contributed by atoms with Gasteiger partial charge in [-0.1, -0.05) is 0 Å². The Kier molecular flexibility index (Phi) is 2.44. The zero-order valence-corrected chi connectivity index (χ0v) is 13.7. The second-order valence-corrected chi connectivity index (χ2v) is 22.0. The van der Waals surface area contributed by atoms with E-state index < -0.39 is 18.4 Å². The van der Waals surface area contributed by atoms with E-state index in [1.165, 1.54) is 11.1 Å². The zero-order valence-electron chi connectivity index (χ0n) is 10.0. The van der Waals surface area contributed by atoms with Crippen LogP contribution < -0.4 is 2.89 Å². The Morgan fingerprint density at radius 3 is 2.56 bits per heavy atom. The molecule has 82 valence electrons. The molecule has 2 heteroatoms. The molecule has 2 aromatic rings. The van der Waals surface area contributed by atoms with E-state index in [1.54, 1.807) is 13.3 Å². The summed E-state index contributed by atoms with van der Waals surface area (Å²) in [5, 5.41) is 0. The van der Waals surface area contributed by atoms with Crippen LogP contribution in [0.2, 0.25) is 14.8 Å². The minimum absolute atomic E-state index is 1.16. The molecule has 0 nitrogen and oxygen atoms in total. The molecule has 0 unspecified atom stereocenters. The maximum absolute atomic E-state index is 2.50. The summed E-state index contributed by atoms with van der Waals surface area (Å²) in [6.45, 7) is 0. The third-order valence-corrected chi connectivity index (χ3v) is 13.8. The van der Waals surface area contributed by atoms with Crippen LogP contribution in [0.1, 0.15) is 11.1 Å². The van der Waals surface area contributed by atoms with Gasteiger partial charge in [-0.2, -0.15) is 0 Å². The molecule has 0 atom stereocenters. The topological polar surface area (TPSA) is 0 Å². The summed E-state index contributed by atoms with van der Waals surface area (Å²) in [6.07, 6.45) is 1.16. The second kappa shape index (κ2) is 3.61. The van der Waals surface area contributed by atoms with E-state index in [0.29, 0.717) is 0 Å². The standard InChI is InChI=1S/C11H7S.3CH3.Sn/c1-2-4-10-8(3-1)7-9-5-6-12-11(9)10;;;;/h1-5H,7H2;3*1H3;. The van der Waals surface area contributed by atoms with Crippen molar-refractivity contribution in [3.63, 3.8) is 0 Å². The van der Waals surface area contributed by atoms with Gasteiger partial charge in [0.2, 0.25) is 0 Å². The third-order valence-electron chi connectivity index (χ3n) is 3.19. The molecule has 0 aliphatic heterocycles. The first-order valence-corrected chi connectivity index (χ1v) is 16.6. The van der Waals surface area contributed by atoms with Crippen LogP contribution in [0.5, 0.6) is 0 Å². The second-order valence-electron chi connectivity index (χ2n) is 5.55. The summed E-state index contributed by atoms with van der Waals surface area (Å²) < 4.78 is 1.72. The first-order chi connectivity index (χ1) is 7.55. The van der Waals surface area contributed by atoms with Crippen molar-refractivity contribution < 1.29 is 0 Å². The molecule has 0 saturated heterocycles. The molecule has 1 aliphatic carbocycles. The van der Waals surface area contributed by atoms with Crippen molar-refractivity contribution in [3.05, 3.63) is 41.5 Å². The van der Waals surface area contributed by atoms with Gasteiger partial charge >= 0.3 is 106 Å². The summed E-state index contributed by atoms with van der Waals surface area (Å²) in [5.41, 5.74) is 4.58. The molecule has 1 aliphatic rings. The Hall–Kier alpha value is -0.281. The average Bonchev–Trinajstić information content (AvgIpc) is 2.72. The van der Waals surface area contributed by atoms with Gasteiger partial charge in [-0.3, -0.25) is 0 Å². The van der Waals surface area contributed by atoms with E-state index in [0.717, 1.165) is 6.42 Å². The van der Waals surface area contributed by atoms with E-state index in [1.807, 2.05) is 0 Å². The van der Waals surface area contributed by atoms with Crippen molar-refractivity contribution in [3.8, 4) is 10.4 Å². The molecule has 0 saturated carbocycles. The Balaban J connectivity index is 2.15. The number of benzene rings is 1. The number of hydrogen-bond acceptors (Lipinski definition) is 1. The molecule has 0 amide bonds. The minimum atomic E-state index is -1.85. The molecular formula is C14H16SSn. The van der Waals surface area contributed by atoms with Crippen LogP contribution in [0.3, 0.4) is 0 Å². The van der Waals surface area contributed by atoms with Crippen LogP contribution in [-0.2, 0) is 6.42 Å². The predicted molar refractivity (Wildman–Crippen MR) is 75.5 cm³/mol. The summed E-state index contributed by atoms with van der Waals surface area (Å²) in [5.74, 6) is 0. The van der Waals surface area contributed by atoms with Gasteiger partial charge in [0.25, 0.3) is 0 Å². The average molecular weight is 335 g/mol. The maximum atomic E-state index is 2.50. The van der Waals surface area contributed by atoms with Gasteiger partial charge in [0.1, 0.15) is 0 Å². The van der Waals surface area contributed by atoms with Crippen LogP contribution in [0.25, 0.3) is 10.4 Å². The van der Waals surface area contributed by atoms with E-state index >= 15 is 0 Å². The molecule has 1 heterocycles. The van der Waals surface area contributed by atoms with Crippen LogP contribution in [-0.4, -0.2) is 18.4 Å². The fourth-order valence-corrected chi connectivity index (χ4v) is 8.79. The number of fused-ring (bicyclic) bond motifs is 3. The van der Waals surface area contributed by atoms with Gasteiger partial charge in [-0.15, -0.1) is 0 Å². The molecule has 0 bridgehead atoms. The number of hydrogen-bond donors (Lipinski definition) is 0. The van der Waals surface area contributed by atoms with E-state index in [9.17, 15) is 0 Å².